The van der Waals surface area contributed by atoms with Crippen molar-refractivity contribution in [3.8, 4) is 11.5 Å². The van der Waals surface area contributed by atoms with Gasteiger partial charge in [-0.1, -0.05) is 33.8 Å². The van der Waals surface area contributed by atoms with Crippen LogP contribution < -0.4 is 4.74 Å². The van der Waals surface area contributed by atoms with Gasteiger partial charge >= 0.3 is 0 Å². The van der Waals surface area contributed by atoms with Crippen LogP contribution in [0.15, 0.2) is 6.07 Å². The van der Waals surface area contributed by atoms with E-state index in [1.54, 1.807) is 6.92 Å². The van der Waals surface area contributed by atoms with Crippen LogP contribution in [0, 0.1) is 11.3 Å². The number of aliphatic hydroxyl groups is 6. The Hall–Kier alpha value is -1.46. The predicted molar refractivity (Wildman–Crippen MR) is 126 cm³/mol. The Morgan fingerprint density at radius 2 is 1.74 bits per heavy atom. The fourth-order valence-corrected chi connectivity index (χ4v) is 6.76. The summed E-state index contributed by atoms with van der Waals surface area (Å²) in [6.07, 6.45) is -5.01. The third kappa shape index (κ3) is 4.15. The highest BCUT2D eigenvalue weighted by molar-refractivity contribution is 5.60. The van der Waals surface area contributed by atoms with Crippen LogP contribution in [0.2, 0.25) is 0 Å². The fraction of sp³-hybridized carbons (Fsp3) is 0.769. The molecular formula is C26H40O9. The number of benzene rings is 1. The second-order valence-corrected chi connectivity index (χ2v) is 11.5. The minimum Gasteiger partial charge on any atom is -0.504 e. The van der Waals surface area contributed by atoms with E-state index in [-0.39, 0.29) is 29.4 Å². The lowest BCUT2D eigenvalue weighted by atomic mass is 9.49. The number of fused-ring (bicyclic) bond motifs is 3. The second kappa shape index (κ2) is 9.45. The van der Waals surface area contributed by atoms with Gasteiger partial charge in [-0.25, -0.2) is 0 Å². The average molecular weight is 497 g/mol. The highest BCUT2D eigenvalue weighted by Gasteiger charge is 2.55. The minimum atomic E-state index is -1.63. The molecule has 9 nitrogen and oxygen atoms in total. The Morgan fingerprint density at radius 1 is 1.06 bits per heavy atom. The molecule has 2 aliphatic carbocycles. The quantitative estimate of drug-likeness (QED) is 0.311. The van der Waals surface area contributed by atoms with Gasteiger partial charge in [-0.05, 0) is 42.6 Å². The standard InChI is InChI=1S/C26H40O9/c1-12(10-27)14-9-13-5-6-16-25(2,3)17(29)7-8-26(16,4)18(13)20(31)23(14)35-24-22(33)21(32)19(30)15(11-28)34-24/h9,12,15-17,19,21-22,24,27-33H,5-8,10-11H2,1-4H3. The molecule has 0 radical (unpaired) electrons. The van der Waals surface area contributed by atoms with E-state index < -0.39 is 54.7 Å². The van der Waals surface area contributed by atoms with Gasteiger partial charge in [0, 0.05) is 29.1 Å². The molecule has 1 aliphatic heterocycles. The molecule has 3 aliphatic rings. The van der Waals surface area contributed by atoms with Crippen LogP contribution in [0.3, 0.4) is 0 Å². The van der Waals surface area contributed by atoms with E-state index in [9.17, 15) is 35.7 Å². The molecule has 1 saturated heterocycles. The van der Waals surface area contributed by atoms with Crippen LogP contribution in [-0.2, 0) is 16.6 Å². The Morgan fingerprint density at radius 3 is 2.37 bits per heavy atom. The van der Waals surface area contributed by atoms with Crippen LogP contribution in [0.1, 0.15) is 69.6 Å². The highest BCUT2D eigenvalue weighted by Crippen LogP contribution is 2.60. The first-order chi connectivity index (χ1) is 16.4. The molecule has 9 unspecified atom stereocenters. The van der Waals surface area contributed by atoms with Crippen LogP contribution in [0.5, 0.6) is 11.5 Å². The zero-order chi connectivity index (χ0) is 25.9. The molecule has 2 fully saturated rings. The smallest absolute Gasteiger partial charge is 0.229 e. The molecule has 1 aromatic rings. The first-order valence-electron chi connectivity index (χ1n) is 12.5. The number of aryl methyl sites for hydroxylation is 1. The van der Waals surface area contributed by atoms with Gasteiger partial charge in [0.25, 0.3) is 0 Å². The maximum absolute atomic E-state index is 11.7. The maximum atomic E-state index is 11.7. The Balaban J connectivity index is 1.81. The first-order valence-corrected chi connectivity index (χ1v) is 12.5. The molecule has 35 heavy (non-hydrogen) atoms. The SMILES string of the molecule is CC(CO)c1cc2c(c(O)c1OC1OC(CO)C(O)C(O)C1O)C1(C)CCC(O)C(C)(C)C1CC2. The number of aliphatic hydroxyl groups excluding tert-OH is 6. The summed E-state index contributed by atoms with van der Waals surface area (Å²) in [5, 5.41) is 72.7. The number of hydrogen-bond donors (Lipinski definition) is 7. The molecular weight excluding hydrogens is 456 g/mol. The maximum Gasteiger partial charge on any atom is 0.229 e. The number of hydrogen-bond acceptors (Lipinski definition) is 9. The van der Waals surface area contributed by atoms with Crippen molar-refractivity contribution in [3.63, 3.8) is 0 Å². The summed E-state index contributed by atoms with van der Waals surface area (Å²) in [4.78, 5) is 0. The summed E-state index contributed by atoms with van der Waals surface area (Å²) in [6.45, 7) is 7.22. The van der Waals surface area contributed by atoms with E-state index in [1.165, 1.54) is 0 Å². The van der Waals surface area contributed by atoms with Crippen LogP contribution >= 0.6 is 0 Å². The van der Waals surface area contributed by atoms with Crippen LogP contribution in [0.25, 0.3) is 0 Å². The summed E-state index contributed by atoms with van der Waals surface area (Å²) in [7, 11) is 0. The van der Waals surface area contributed by atoms with E-state index in [0.29, 0.717) is 24.8 Å². The number of aromatic hydroxyl groups is 1. The molecule has 9 atom stereocenters. The Labute approximate surface area is 205 Å². The van der Waals surface area contributed by atoms with Crippen molar-refractivity contribution in [3.05, 3.63) is 22.8 Å². The summed E-state index contributed by atoms with van der Waals surface area (Å²) in [5.74, 6) is -0.353. The first kappa shape index (κ1) is 26.6. The lowest BCUT2D eigenvalue weighted by Crippen LogP contribution is -2.60. The van der Waals surface area contributed by atoms with E-state index in [4.69, 9.17) is 9.47 Å². The predicted octanol–water partition coefficient (Wildman–Crippen LogP) is 0.668. The molecule has 198 valence electrons. The monoisotopic (exact) mass is 496 g/mol. The molecule has 0 amide bonds. The van der Waals surface area contributed by atoms with Gasteiger partial charge in [0.15, 0.2) is 11.5 Å². The topological polar surface area (TPSA) is 160 Å². The summed E-state index contributed by atoms with van der Waals surface area (Å²) in [5.41, 5.74) is 1.45. The van der Waals surface area contributed by atoms with Crippen LogP contribution in [-0.4, -0.2) is 85.8 Å². The second-order valence-electron chi connectivity index (χ2n) is 11.5. The molecule has 0 aromatic heterocycles. The normalized spacial score (nSPS) is 39.4. The van der Waals surface area contributed by atoms with Crippen molar-refractivity contribution in [1.29, 1.82) is 0 Å². The molecule has 9 heteroatoms. The van der Waals surface area contributed by atoms with E-state index in [1.807, 2.05) is 6.07 Å². The van der Waals surface area contributed by atoms with Crippen molar-refractivity contribution < 1.29 is 45.2 Å². The molecule has 1 heterocycles. The third-order valence-corrected chi connectivity index (χ3v) is 8.99. The molecule has 0 spiro atoms. The van der Waals surface area contributed by atoms with Crippen molar-refractivity contribution in [2.75, 3.05) is 13.2 Å². The summed E-state index contributed by atoms with van der Waals surface area (Å²) < 4.78 is 11.5. The zero-order valence-corrected chi connectivity index (χ0v) is 20.9. The molecule has 1 saturated carbocycles. The third-order valence-electron chi connectivity index (χ3n) is 8.99. The van der Waals surface area contributed by atoms with Gasteiger partial charge in [0.2, 0.25) is 6.29 Å². The van der Waals surface area contributed by atoms with Crippen molar-refractivity contribution in [2.24, 2.45) is 11.3 Å². The Bertz CT molecular complexity index is 932. The molecule has 0 bridgehead atoms. The fourth-order valence-electron chi connectivity index (χ4n) is 6.76. The number of phenolic OH excluding ortho intramolecular Hbond substituents is 1. The number of rotatable bonds is 5. The van der Waals surface area contributed by atoms with Crippen molar-refractivity contribution in [1.82, 2.24) is 0 Å². The molecule has 7 N–H and O–H groups in total. The van der Waals surface area contributed by atoms with Gasteiger partial charge in [-0.2, -0.15) is 0 Å². The Kier molecular flexibility index (Phi) is 7.18. The van der Waals surface area contributed by atoms with Gasteiger partial charge < -0.3 is 45.2 Å². The van der Waals surface area contributed by atoms with E-state index >= 15 is 0 Å². The molecule has 1 aromatic carbocycles. The van der Waals surface area contributed by atoms with Crippen LogP contribution in [0.4, 0.5) is 0 Å². The van der Waals surface area contributed by atoms with Crippen molar-refractivity contribution in [2.45, 2.75) is 102 Å². The minimum absolute atomic E-state index is 0.0421. The van der Waals surface area contributed by atoms with E-state index in [2.05, 4.69) is 20.8 Å². The molecule has 4 rings (SSSR count). The largest absolute Gasteiger partial charge is 0.504 e. The summed E-state index contributed by atoms with van der Waals surface area (Å²) in [6, 6.07) is 1.93. The lowest BCUT2D eigenvalue weighted by Gasteiger charge is -2.56. The average Bonchev–Trinajstić information content (AvgIpc) is 2.82. The summed E-state index contributed by atoms with van der Waals surface area (Å²) >= 11 is 0. The van der Waals surface area contributed by atoms with Gasteiger partial charge in [-0.3, -0.25) is 0 Å². The highest BCUT2D eigenvalue weighted by atomic mass is 16.7. The zero-order valence-electron chi connectivity index (χ0n) is 20.9. The lowest BCUT2D eigenvalue weighted by molar-refractivity contribution is -0.277. The van der Waals surface area contributed by atoms with E-state index in [0.717, 1.165) is 17.5 Å². The van der Waals surface area contributed by atoms with Gasteiger partial charge in [0.1, 0.15) is 24.4 Å². The number of phenols is 1. The van der Waals surface area contributed by atoms with Gasteiger partial charge in [0.05, 0.1) is 12.7 Å². The van der Waals surface area contributed by atoms with Crippen molar-refractivity contribution >= 4 is 0 Å². The van der Waals surface area contributed by atoms with Gasteiger partial charge in [-0.15, -0.1) is 0 Å². The number of ether oxygens (including phenoxy) is 2.